The molecule has 0 bridgehead atoms. The third-order valence-corrected chi connectivity index (χ3v) is 2.97. The van der Waals surface area contributed by atoms with Crippen molar-refractivity contribution in [3.8, 4) is 11.8 Å². The lowest BCUT2D eigenvalue weighted by Crippen LogP contribution is -2.12. The van der Waals surface area contributed by atoms with E-state index >= 15 is 0 Å². The minimum Gasteiger partial charge on any atom is -0.493 e. The van der Waals surface area contributed by atoms with E-state index in [9.17, 15) is 4.79 Å². The number of nitriles is 1. The predicted octanol–water partition coefficient (Wildman–Crippen LogP) is 3.47. The molecule has 1 N–H and O–H groups in total. The van der Waals surface area contributed by atoms with Crippen LogP contribution in [0.25, 0.3) is 0 Å². The lowest BCUT2D eigenvalue weighted by atomic mass is 10.1. The van der Waals surface area contributed by atoms with E-state index in [1.54, 1.807) is 36.4 Å². The number of carbonyl (C=O) groups is 1. The van der Waals surface area contributed by atoms with E-state index in [-0.39, 0.29) is 5.91 Å². The fourth-order valence-corrected chi connectivity index (χ4v) is 1.99. The number of halogens is 1. The fraction of sp³-hybridized carbons (Fsp3) is 0.0667. The molecule has 0 unspecified atom stereocenters. The van der Waals surface area contributed by atoms with Gasteiger partial charge in [-0.2, -0.15) is 5.26 Å². The first kappa shape index (κ1) is 13.9. The van der Waals surface area contributed by atoms with Gasteiger partial charge in [0.15, 0.2) is 5.75 Å². The zero-order chi connectivity index (χ0) is 14.5. The van der Waals surface area contributed by atoms with Gasteiger partial charge < -0.3 is 10.1 Å². The molecule has 5 heteroatoms. The van der Waals surface area contributed by atoms with Crippen LogP contribution in [-0.4, -0.2) is 13.0 Å². The Morgan fingerprint density at radius 2 is 2.05 bits per heavy atom. The molecule has 0 saturated heterocycles. The molecule has 0 atom stereocenters. The third kappa shape index (κ3) is 2.90. The van der Waals surface area contributed by atoms with E-state index in [4.69, 9.17) is 21.6 Å². The maximum atomic E-state index is 12.1. The van der Waals surface area contributed by atoms with Crippen molar-refractivity contribution >= 4 is 23.2 Å². The summed E-state index contributed by atoms with van der Waals surface area (Å²) in [5, 5.41) is 12.0. The molecule has 0 fully saturated rings. The van der Waals surface area contributed by atoms with Gasteiger partial charge in [-0.1, -0.05) is 23.7 Å². The standard InChI is InChI=1S/C15H11ClN2O2/c1-20-14-12(16)6-3-7-13(14)18-15(19)11-5-2-4-10(8-11)9-17/h2-8H,1H3,(H,18,19). The Labute approximate surface area is 121 Å². The summed E-state index contributed by atoms with van der Waals surface area (Å²) >= 11 is 5.99. The fourth-order valence-electron chi connectivity index (χ4n) is 1.74. The highest BCUT2D eigenvalue weighted by Crippen LogP contribution is 2.32. The van der Waals surface area contributed by atoms with E-state index in [0.29, 0.717) is 27.6 Å². The largest absolute Gasteiger partial charge is 0.493 e. The summed E-state index contributed by atoms with van der Waals surface area (Å²) in [7, 11) is 1.48. The van der Waals surface area contributed by atoms with E-state index < -0.39 is 0 Å². The summed E-state index contributed by atoms with van der Waals surface area (Å²) < 4.78 is 5.16. The highest BCUT2D eigenvalue weighted by Gasteiger charge is 2.12. The summed E-state index contributed by atoms with van der Waals surface area (Å²) in [4.78, 5) is 12.1. The second-order valence-electron chi connectivity index (χ2n) is 3.97. The number of carbonyl (C=O) groups excluding carboxylic acids is 1. The Balaban J connectivity index is 2.28. The van der Waals surface area contributed by atoms with Gasteiger partial charge in [-0.15, -0.1) is 0 Å². The number of hydrogen-bond donors (Lipinski definition) is 1. The molecule has 0 spiro atoms. The van der Waals surface area contributed by atoms with Gasteiger partial charge in [0.05, 0.1) is 29.5 Å². The number of nitrogens with zero attached hydrogens (tertiary/aromatic N) is 1. The molecule has 4 nitrogen and oxygen atoms in total. The molecule has 0 aliphatic heterocycles. The minimum atomic E-state index is -0.331. The SMILES string of the molecule is COc1c(Cl)cccc1NC(=O)c1cccc(C#N)c1. The molecule has 0 aliphatic rings. The van der Waals surface area contributed by atoms with Crippen LogP contribution in [0.1, 0.15) is 15.9 Å². The molecule has 0 saturated carbocycles. The first-order chi connectivity index (χ1) is 9.65. The van der Waals surface area contributed by atoms with E-state index in [1.165, 1.54) is 13.2 Å². The van der Waals surface area contributed by atoms with Crippen LogP contribution in [0.5, 0.6) is 5.75 Å². The highest BCUT2D eigenvalue weighted by atomic mass is 35.5. The molecule has 0 aromatic heterocycles. The van der Waals surface area contributed by atoms with Crippen molar-refractivity contribution in [1.29, 1.82) is 5.26 Å². The maximum Gasteiger partial charge on any atom is 0.255 e. The Bertz CT molecular complexity index is 693. The van der Waals surface area contributed by atoms with E-state index in [2.05, 4.69) is 5.32 Å². The Kier molecular flexibility index (Phi) is 4.24. The van der Waals surface area contributed by atoms with Gasteiger partial charge in [0.2, 0.25) is 0 Å². The monoisotopic (exact) mass is 286 g/mol. The van der Waals surface area contributed by atoms with Crippen molar-refractivity contribution in [2.24, 2.45) is 0 Å². The minimum absolute atomic E-state index is 0.331. The van der Waals surface area contributed by atoms with E-state index in [1.807, 2.05) is 6.07 Å². The van der Waals surface area contributed by atoms with Gasteiger partial charge in [-0.05, 0) is 30.3 Å². The first-order valence-electron chi connectivity index (χ1n) is 5.79. The van der Waals surface area contributed by atoms with Gasteiger partial charge in [-0.25, -0.2) is 0 Å². The van der Waals surface area contributed by atoms with Crippen LogP contribution in [0.2, 0.25) is 5.02 Å². The Morgan fingerprint density at radius 1 is 1.30 bits per heavy atom. The number of amides is 1. The number of benzene rings is 2. The second kappa shape index (κ2) is 6.09. The topological polar surface area (TPSA) is 62.1 Å². The van der Waals surface area contributed by atoms with Crippen LogP contribution in [0.15, 0.2) is 42.5 Å². The van der Waals surface area contributed by atoms with Crippen LogP contribution in [0.4, 0.5) is 5.69 Å². The van der Waals surface area contributed by atoms with Gasteiger partial charge in [0.1, 0.15) is 0 Å². The number of para-hydroxylation sites is 1. The molecular formula is C15H11ClN2O2. The third-order valence-electron chi connectivity index (χ3n) is 2.67. The van der Waals surface area contributed by atoms with Crippen molar-refractivity contribution in [2.45, 2.75) is 0 Å². The average Bonchev–Trinajstić information content (AvgIpc) is 2.47. The molecule has 0 aliphatic carbocycles. The predicted molar refractivity (Wildman–Crippen MR) is 77.1 cm³/mol. The summed E-state index contributed by atoms with van der Waals surface area (Å²) in [5.74, 6) is 0.0709. The lowest BCUT2D eigenvalue weighted by Gasteiger charge is -2.11. The smallest absolute Gasteiger partial charge is 0.255 e. The molecule has 20 heavy (non-hydrogen) atoms. The highest BCUT2D eigenvalue weighted by molar-refractivity contribution is 6.32. The number of ether oxygens (including phenoxy) is 1. The van der Waals surface area contributed by atoms with Crippen molar-refractivity contribution in [2.75, 3.05) is 12.4 Å². The molecule has 0 heterocycles. The van der Waals surface area contributed by atoms with Crippen molar-refractivity contribution in [3.05, 3.63) is 58.6 Å². The van der Waals surface area contributed by atoms with Crippen LogP contribution in [-0.2, 0) is 0 Å². The molecule has 2 rings (SSSR count). The van der Waals surface area contributed by atoms with Crippen molar-refractivity contribution < 1.29 is 9.53 Å². The van der Waals surface area contributed by atoms with Crippen molar-refractivity contribution in [3.63, 3.8) is 0 Å². The lowest BCUT2D eigenvalue weighted by molar-refractivity contribution is 0.102. The van der Waals surface area contributed by atoms with Gasteiger partial charge in [0.25, 0.3) is 5.91 Å². The van der Waals surface area contributed by atoms with Gasteiger partial charge in [0, 0.05) is 5.56 Å². The Morgan fingerprint density at radius 3 is 2.75 bits per heavy atom. The van der Waals surface area contributed by atoms with Crippen LogP contribution < -0.4 is 10.1 Å². The summed E-state index contributed by atoms with van der Waals surface area (Å²) in [6, 6.07) is 13.5. The summed E-state index contributed by atoms with van der Waals surface area (Å²) in [5.41, 5.74) is 1.30. The van der Waals surface area contributed by atoms with Crippen molar-refractivity contribution in [1.82, 2.24) is 0 Å². The Hall–Kier alpha value is -2.51. The first-order valence-corrected chi connectivity index (χ1v) is 6.17. The molecule has 100 valence electrons. The molecule has 2 aromatic carbocycles. The molecular weight excluding hydrogens is 276 g/mol. The van der Waals surface area contributed by atoms with Crippen LogP contribution in [0, 0.1) is 11.3 Å². The molecule has 0 radical (unpaired) electrons. The second-order valence-corrected chi connectivity index (χ2v) is 4.37. The van der Waals surface area contributed by atoms with Crippen LogP contribution >= 0.6 is 11.6 Å². The zero-order valence-corrected chi connectivity index (χ0v) is 11.4. The average molecular weight is 287 g/mol. The summed E-state index contributed by atoms with van der Waals surface area (Å²) in [6.45, 7) is 0. The summed E-state index contributed by atoms with van der Waals surface area (Å²) in [6.07, 6.45) is 0. The number of hydrogen-bond acceptors (Lipinski definition) is 3. The number of methoxy groups -OCH3 is 1. The number of nitrogens with one attached hydrogen (secondary N) is 1. The zero-order valence-electron chi connectivity index (χ0n) is 10.7. The quantitative estimate of drug-likeness (QED) is 0.939. The van der Waals surface area contributed by atoms with Gasteiger partial charge >= 0.3 is 0 Å². The van der Waals surface area contributed by atoms with Gasteiger partial charge in [-0.3, -0.25) is 4.79 Å². The number of rotatable bonds is 3. The molecule has 1 amide bonds. The van der Waals surface area contributed by atoms with E-state index in [0.717, 1.165) is 0 Å². The number of anilines is 1. The maximum absolute atomic E-state index is 12.1. The normalized spacial score (nSPS) is 9.65. The van der Waals surface area contributed by atoms with Crippen LogP contribution in [0.3, 0.4) is 0 Å². The molecule has 2 aromatic rings.